The van der Waals surface area contributed by atoms with E-state index in [9.17, 15) is 14.0 Å². The average Bonchev–Trinajstić information content (AvgIpc) is 2.62. The van der Waals surface area contributed by atoms with Gasteiger partial charge in [0.1, 0.15) is 5.82 Å². The second-order valence-electron chi connectivity index (χ2n) is 5.85. The minimum atomic E-state index is -0.661. The first-order valence-corrected chi connectivity index (χ1v) is 8.14. The maximum atomic E-state index is 13.5. The minimum Gasteiger partial charge on any atom is -0.384 e. The van der Waals surface area contributed by atoms with E-state index >= 15 is 0 Å². The second-order valence-corrected chi connectivity index (χ2v) is 5.85. The van der Waals surface area contributed by atoms with Gasteiger partial charge < -0.3 is 16.0 Å². The number of carbonyl (C=O) groups excluding carboxylic acids is 2. The molecule has 1 aromatic heterocycles. The predicted molar refractivity (Wildman–Crippen MR) is 92.7 cm³/mol. The molecule has 0 fully saturated rings. The van der Waals surface area contributed by atoms with E-state index in [1.807, 2.05) is 12.1 Å². The summed E-state index contributed by atoms with van der Waals surface area (Å²) in [5.74, 6) is -1.58. The van der Waals surface area contributed by atoms with E-state index < -0.39 is 11.7 Å². The number of nitrogens with zero attached hydrogens (tertiary/aromatic N) is 1. The molecular weight excluding hydrogens is 323 g/mol. The Morgan fingerprint density at radius 1 is 1.32 bits per heavy atom. The first-order valence-electron chi connectivity index (χ1n) is 8.14. The van der Waals surface area contributed by atoms with Gasteiger partial charge in [-0.25, -0.2) is 4.39 Å². The number of amides is 2. The molecule has 1 unspecified atom stereocenters. The number of benzene rings is 1. The van der Waals surface area contributed by atoms with E-state index in [0.717, 1.165) is 12.1 Å². The van der Waals surface area contributed by atoms with Crippen LogP contribution in [-0.4, -0.2) is 29.9 Å². The fraction of sp³-hybridized carbons (Fsp3) is 0.278. The standard InChI is InChI=1S/C18H19FN4O2/c19-12-4-5-16-14(9-12)15(10-17(24)23-16)18(25)22-8-2-7-21-13-3-1-6-20-11-13/h1,3-6,9,11,15,21H,2,7-8,10H2,(H,22,25)(H,23,24). The van der Waals surface area contributed by atoms with Gasteiger partial charge >= 0.3 is 0 Å². The van der Waals surface area contributed by atoms with Crippen LogP contribution in [0.4, 0.5) is 15.8 Å². The number of hydrogen-bond donors (Lipinski definition) is 3. The topological polar surface area (TPSA) is 83.1 Å². The Morgan fingerprint density at radius 3 is 3.00 bits per heavy atom. The quantitative estimate of drug-likeness (QED) is 0.703. The van der Waals surface area contributed by atoms with Crippen LogP contribution in [0.25, 0.3) is 0 Å². The van der Waals surface area contributed by atoms with Gasteiger partial charge in [0.15, 0.2) is 0 Å². The smallest absolute Gasteiger partial charge is 0.228 e. The normalized spacial score (nSPS) is 15.9. The Morgan fingerprint density at radius 2 is 2.20 bits per heavy atom. The van der Waals surface area contributed by atoms with Crippen molar-refractivity contribution in [1.29, 1.82) is 0 Å². The van der Waals surface area contributed by atoms with Gasteiger partial charge in [0.2, 0.25) is 11.8 Å². The molecule has 0 bridgehead atoms. The highest BCUT2D eigenvalue weighted by atomic mass is 19.1. The van der Waals surface area contributed by atoms with Gasteiger partial charge in [0.25, 0.3) is 0 Å². The molecule has 0 aliphatic carbocycles. The molecule has 2 heterocycles. The lowest BCUT2D eigenvalue weighted by atomic mass is 9.89. The monoisotopic (exact) mass is 342 g/mol. The SMILES string of the molecule is O=C1CC(C(=O)NCCCNc2cccnc2)c2cc(F)ccc2N1. The van der Waals surface area contributed by atoms with Gasteiger partial charge in [-0.05, 0) is 42.3 Å². The van der Waals surface area contributed by atoms with Crippen molar-refractivity contribution in [2.75, 3.05) is 23.7 Å². The van der Waals surface area contributed by atoms with Crippen LogP contribution in [0.1, 0.15) is 24.3 Å². The number of hydrogen-bond acceptors (Lipinski definition) is 4. The van der Waals surface area contributed by atoms with Crippen LogP contribution in [0.5, 0.6) is 0 Å². The summed E-state index contributed by atoms with van der Waals surface area (Å²) < 4.78 is 13.5. The number of aromatic nitrogens is 1. The lowest BCUT2D eigenvalue weighted by Gasteiger charge is -2.25. The third-order valence-corrected chi connectivity index (χ3v) is 4.01. The molecule has 1 atom stereocenters. The van der Waals surface area contributed by atoms with Gasteiger partial charge in [-0.2, -0.15) is 0 Å². The zero-order chi connectivity index (χ0) is 17.6. The van der Waals surface area contributed by atoms with E-state index in [0.29, 0.717) is 24.3 Å². The molecule has 0 spiro atoms. The summed E-state index contributed by atoms with van der Waals surface area (Å²) >= 11 is 0. The van der Waals surface area contributed by atoms with Crippen LogP contribution in [0.3, 0.4) is 0 Å². The number of carbonyl (C=O) groups is 2. The number of nitrogens with one attached hydrogen (secondary N) is 3. The fourth-order valence-corrected chi connectivity index (χ4v) is 2.79. The molecule has 0 radical (unpaired) electrons. The van der Waals surface area contributed by atoms with Gasteiger partial charge in [0.05, 0.1) is 11.6 Å². The molecule has 3 rings (SSSR count). The van der Waals surface area contributed by atoms with E-state index in [4.69, 9.17) is 0 Å². The minimum absolute atomic E-state index is 0.0240. The van der Waals surface area contributed by atoms with Crippen molar-refractivity contribution in [3.63, 3.8) is 0 Å². The molecule has 1 aromatic carbocycles. The molecule has 7 heteroatoms. The van der Waals surface area contributed by atoms with Gasteiger partial charge in [-0.15, -0.1) is 0 Å². The highest BCUT2D eigenvalue weighted by Crippen LogP contribution is 2.32. The molecule has 6 nitrogen and oxygen atoms in total. The van der Waals surface area contributed by atoms with E-state index in [-0.39, 0.29) is 18.2 Å². The Kier molecular flexibility index (Phi) is 5.23. The molecule has 25 heavy (non-hydrogen) atoms. The van der Waals surface area contributed by atoms with Crippen molar-refractivity contribution in [2.24, 2.45) is 0 Å². The maximum absolute atomic E-state index is 13.5. The van der Waals surface area contributed by atoms with Crippen LogP contribution >= 0.6 is 0 Å². The van der Waals surface area contributed by atoms with Gasteiger partial charge in [-0.3, -0.25) is 14.6 Å². The second kappa shape index (κ2) is 7.74. The first kappa shape index (κ1) is 16.9. The molecule has 2 amide bonds. The molecule has 130 valence electrons. The van der Waals surface area contributed by atoms with Crippen LogP contribution in [-0.2, 0) is 9.59 Å². The van der Waals surface area contributed by atoms with Crippen LogP contribution in [0, 0.1) is 5.82 Å². The summed E-state index contributed by atoms with van der Waals surface area (Å²) in [7, 11) is 0. The molecule has 0 saturated carbocycles. The summed E-state index contributed by atoms with van der Waals surface area (Å²) in [4.78, 5) is 28.2. The van der Waals surface area contributed by atoms with Crippen LogP contribution in [0.2, 0.25) is 0 Å². The van der Waals surface area contributed by atoms with E-state index in [2.05, 4.69) is 20.9 Å². The lowest BCUT2D eigenvalue weighted by Crippen LogP contribution is -2.36. The number of anilines is 2. The Labute approximate surface area is 144 Å². The van der Waals surface area contributed by atoms with Crippen molar-refractivity contribution in [3.8, 4) is 0 Å². The van der Waals surface area contributed by atoms with Crippen molar-refractivity contribution in [1.82, 2.24) is 10.3 Å². The number of halogens is 1. The fourth-order valence-electron chi connectivity index (χ4n) is 2.79. The zero-order valence-corrected chi connectivity index (χ0v) is 13.6. The van der Waals surface area contributed by atoms with E-state index in [1.165, 1.54) is 18.2 Å². The molecule has 1 aliphatic rings. The third-order valence-electron chi connectivity index (χ3n) is 4.01. The number of fused-ring (bicyclic) bond motifs is 1. The summed E-state index contributed by atoms with van der Waals surface area (Å²) in [6.45, 7) is 1.15. The van der Waals surface area contributed by atoms with Crippen molar-refractivity contribution < 1.29 is 14.0 Å². The highest BCUT2D eigenvalue weighted by Gasteiger charge is 2.30. The zero-order valence-electron chi connectivity index (χ0n) is 13.6. The number of rotatable bonds is 6. The van der Waals surface area contributed by atoms with Crippen molar-refractivity contribution in [2.45, 2.75) is 18.8 Å². The van der Waals surface area contributed by atoms with E-state index in [1.54, 1.807) is 12.4 Å². The number of pyridine rings is 1. The Hall–Kier alpha value is -2.96. The van der Waals surface area contributed by atoms with Gasteiger partial charge in [0, 0.05) is 37.6 Å². The van der Waals surface area contributed by atoms with Crippen LogP contribution in [0.15, 0.2) is 42.7 Å². The predicted octanol–water partition coefficient (Wildman–Crippen LogP) is 2.26. The Balaban J connectivity index is 1.51. The molecule has 3 N–H and O–H groups in total. The Bertz CT molecular complexity index is 767. The van der Waals surface area contributed by atoms with Crippen molar-refractivity contribution in [3.05, 3.63) is 54.1 Å². The van der Waals surface area contributed by atoms with Crippen molar-refractivity contribution >= 4 is 23.2 Å². The largest absolute Gasteiger partial charge is 0.384 e. The lowest BCUT2D eigenvalue weighted by molar-refractivity contribution is -0.126. The molecular formula is C18H19FN4O2. The molecule has 1 aliphatic heterocycles. The summed E-state index contributed by atoms with van der Waals surface area (Å²) in [5.41, 5.74) is 1.93. The third kappa shape index (κ3) is 4.32. The average molecular weight is 342 g/mol. The summed E-state index contributed by atoms with van der Waals surface area (Å²) in [6.07, 6.45) is 4.17. The molecule has 2 aromatic rings. The highest BCUT2D eigenvalue weighted by molar-refractivity contribution is 6.01. The maximum Gasteiger partial charge on any atom is 0.228 e. The van der Waals surface area contributed by atoms with Gasteiger partial charge in [-0.1, -0.05) is 0 Å². The van der Waals surface area contributed by atoms with Crippen LogP contribution < -0.4 is 16.0 Å². The molecule has 0 saturated heterocycles. The summed E-state index contributed by atoms with van der Waals surface area (Å²) in [5, 5.41) is 8.69. The first-order chi connectivity index (χ1) is 12.1. The summed E-state index contributed by atoms with van der Waals surface area (Å²) in [6, 6.07) is 7.82.